The van der Waals surface area contributed by atoms with Gasteiger partial charge < -0.3 is 0 Å². The molecule has 0 spiro atoms. The van der Waals surface area contributed by atoms with Crippen molar-refractivity contribution in [1.29, 1.82) is 0 Å². The first-order valence-corrected chi connectivity index (χ1v) is 5.88. The van der Waals surface area contributed by atoms with Gasteiger partial charge in [0, 0.05) is 22.9 Å². The van der Waals surface area contributed by atoms with Crippen molar-refractivity contribution in [3.8, 4) is 11.3 Å². The van der Waals surface area contributed by atoms with Gasteiger partial charge >= 0.3 is 0 Å². The molecule has 0 aliphatic heterocycles. The second kappa shape index (κ2) is 4.94. The first kappa shape index (κ1) is 10.2. The summed E-state index contributed by atoms with van der Waals surface area (Å²) >= 11 is 1.84. The first-order chi connectivity index (χ1) is 7.40. The molecule has 3 heteroatoms. The predicted molar refractivity (Wildman–Crippen MR) is 63.9 cm³/mol. The van der Waals surface area contributed by atoms with E-state index in [1.165, 1.54) is 4.90 Å². The molecule has 2 aromatic rings. The summed E-state index contributed by atoms with van der Waals surface area (Å²) in [7, 11) is 0. The van der Waals surface area contributed by atoms with E-state index in [1.807, 2.05) is 11.8 Å². The Balaban J connectivity index is 2.24. The number of thioether (sulfide) groups is 1. The van der Waals surface area contributed by atoms with Crippen LogP contribution < -0.4 is 0 Å². The van der Waals surface area contributed by atoms with Crippen LogP contribution in [0.2, 0.25) is 0 Å². The Hall–Kier alpha value is -1.35. The number of hydrogen-bond acceptors (Lipinski definition) is 3. The van der Waals surface area contributed by atoms with E-state index in [0.29, 0.717) is 0 Å². The molecular weight excluding hydrogens is 204 g/mol. The Morgan fingerprint density at radius 2 is 1.93 bits per heavy atom. The molecule has 0 fully saturated rings. The fraction of sp³-hybridized carbons (Fsp3) is 0.167. The molecule has 76 valence electrons. The molecule has 1 aromatic heterocycles. The summed E-state index contributed by atoms with van der Waals surface area (Å²) in [6, 6.07) is 8.42. The van der Waals surface area contributed by atoms with Gasteiger partial charge in [-0.2, -0.15) is 0 Å². The molecule has 1 heterocycles. The molecule has 15 heavy (non-hydrogen) atoms. The fourth-order valence-electron chi connectivity index (χ4n) is 1.34. The van der Waals surface area contributed by atoms with E-state index in [4.69, 9.17) is 0 Å². The van der Waals surface area contributed by atoms with Gasteiger partial charge in [-0.25, -0.2) is 0 Å². The van der Waals surface area contributed by atoms with E-state index in [1.54, 1.807) is 18.6 Å². The highest BCUT2D eigenvalue weighted by atomic mass is 32.2. The van der Waals surface area contributed by atoms with Crippen molar-refractivity contribution in [1.82, 2.24) is 9.97 Å². The quantitative estimate of drug-likeness (QED) is 0.736. The second-order valence-electron chi connectivity index (χ2n) is 3.05. The minimum atomic E-state index is 0.922. The maximum absolute atomic E-state index is 4.26. The second-order valence-corrected chi connectivity index (χ2v) is 4.39. The third kappa shape index (κ3) is 2.57. The molecule has 0 saturated heterocycles. The van der Waals surface area contributed by atoms with Gasteiger partial charge in [-0.15, -0.1) is 11.8 Å². The normalized spacial score (nSPS) is 10.2. The Morgan fingerprint density at radius 1 is 1.13 bits per heavy atom. The maximum Gasteiger partial charge on any atom is 0.0885 e. The molecule has 0 amide bonds. The van der Waals surface area contributed by atoms with Crippen molar-refractivity contribution >= 4 is 11.8 Å². The SMILES string of the molecule is CCSc1ccc(-c2cnccn2)cc1. The van der Waals surface area contributed by atoms with Gasteiger partial charge in [-0.1, -0.05) is 19.1 Å². The van der Waals surface area contributed by atoms with Crippen LogP contribution in [0.25, 0.3) is 11.3 Å². The topological polar surface area (TPSA) is 25.8 Å². The van der Waals surface area contributed by atoms with Gasteiger partial charge in [0.2, 0.25) is 0 Å². The molecule has 0 aliphatic rings. The van der Waals surface area contributed by atoms with Crippen molar-refractivity contribution in [3.63, 3.8) is 0 Å². The summed E-state index contributed by atoms with van der Waals surface area (Å²) in [5.74, 6) is 1.10. The monoisotopic (exact) mass is 216 g/mol. The van der Waals surface area contributed by atoms with Crippen molar-refractivity contribution in [2.75, 3.05) is 5.75 Å². The number of rotatable bonds is 3. The third-order valence-electron chi connectivity index (χ3n) is 2.02. The molecule has 2 rings (SSSR count). The largest absolute Gasteiger partial charge is 0.261 e. The molecule has 0 N–H and O–H groups in total. The zero-order chi connectivity index (χ0) is 10.5. The van der Waals surface area contributed by atoms with Crippen LogP contribution >= 0.6 is 11.8 Å². The summed E-state index contributed by atoms with van der Waals surface area (Å²) in [5.41, 5.74) is 2.04. The molecule has 0 radical (unpaired) electrons. The highest BCUT2D eigenvalue weighted by Gasteiger charge is 1.98. The summed E-state index contributed by atoms with van der Waals surface area (Å²) in [5, 5.41) is 0. The average molecular weight is 216 g/mol. The van der Waals surface area contributed by atoms with E-state index >= 15 is 0 Å². The van der Waals surface area contributed by atoms with Gasteiger partial charge in [0.05, 0.1) is 11.9 Å². The highest BCUT2D eigenvalue weighted by molar-refractivity contribution is 7.99. The number of aromatic nitrogens is 2. The van der Waals surface area contributed by atoms with E-state index in [0.717, 1.165) is 17.0 Å². The first-order valence-electron chi connectivity index (χ1n) is 4.89. The van der Waals surface area contributed by atoms with Gasteiger partial charge in [0.15, 0.2) is 0 Å². The number of hydrogen-bond donors (Lipinski definition) is 0. The molecule has 0 unspecified atom stereocenters. The fourth-order valence-corrected chi connectivity index (χ4v) is 2.00. The van der Waals surface area contributed by atoms with Crippen LogP contribution in [0.5, 0.6) is 0 Å². The number of benzene rings is 1. The molecule has 1 aromatic carbocycles. The summed E-state index contributed by atoms with van der Waals surface area (Å²) in [6.07, 6.45) is 5.18. The third-order valence-corrected chi connectivity index (χ3v) is 2.92. The molecule has 0 saturated carbocycles. The molecule has 0 aliphatic carbocycles. The lowest BCUT2D eigenvalue weighted by Crippen LogP contribution is -1.83. The van der Waals surface area contributed by atoms with Crippen molar-refractivity contribution in [3.05, 3.63) is 42.9 Å². The smallest absolute Gasteiger partial charge is 0.0885 e. The summed E-state index contributed by atoms with van der Waals surface area (Å²) < 4.78 is 0. The highest BCUT2D eigenvalue weighted by Crippen LogP contribution is 2.21. The van der Waals surface area contributed by atoms with Gasteiger partial charge in [0.1, 0.15) is 0 Å². The van der Waals surface area contributed by atoms with Crippen LogP contribution in [0.1, 0.15) is 6.92 Å². The summed E-state index contributed by atoms with van der Waals surface area (Å²) in [6.45, 7) is 2.15. The summed E-state index contributed by atoms with van der Waals surface area (Å²) in [4.78, 5) is 9.60. The van der Waals surface area contributed by atoms with Crippen LogP contribution in [0.4, 0.5) is 0 Å². The Kier molecular flexibility index (Phi) is 3.35. The average Bonchev–Trinajstić information content (AvgIpc) is 2.32. The Labute approximate surface area is 93.8 Å². The standard InChI is InChI=1S/C12H12N2S/c1-2-15-11-5-3-10(4-6-11)12-9-13-7-8-14-12/h3-9H,2H2,1H3. The lowest BCUT2D eigenvalue weighted by Gasteiger charge is -2.01. The maximum atomic E-state index is 4.26. The Bertz CT molecular complexity index is 411. The Morgan fingerprint density at radius 3 is 2.53 bits per heavy atom. The minimum absolute atomic E-state index is 0.922. The van der Waals surface area contributed by atoms with Crippen LogP contribution in [-0.2, 0) is 0 Å². The van der Waals surface area contributed by atoms with Crippen LogP contribution in [0.3, 0.4) is 0 Å². The van der Waals surface area contributed by atoms with Crippen LogP contribution in [0, 0.1) is 0 Å². The lowest BCUT2D eigenvalue weighted by atomic mass is 10.2. The molecule has 0 bridgehead atoms. The predicted octanol–water partition coefficient (Wildman–Crippen LogP) is 3.26. The van der Waals surface area contributed by atoms with Crippen LogP contribution in [0.15, 0.2) is 47.8 Å². The van der Waals surface area contributed by atoms with Gasteiger partial charge in [-0.3, -0.25) is 9.97 Å². The minimum Gasteiger partial charge on any atom is -0.261 e. The van der Waals surface area contributed by atoms with Crippen molar-refractivity contribution < 1.29 is 0 Å². The number of nitrogens with zero attached hydrogens (tertiary/aromatic N) is 2. The van der Waals surface area contributed by atoms with E-state index < -0.39 is 0 Å². The molecular formula is C12H12N2S. The van der Waals surface area contributed by atoms with Crippen LogP contribution in [-0.4, -0.2) is 15.7 Å². The zero-order valence-electron chi connectivity index (χ0n) is 8.55. The lowest BCUT2D eigenvalue weighted by molar-refractivity contribution is 1.20. The van der Waals surface area contributed by atoms with Gasteiger partial charge in [-0.05, 0) is 17.9 Å². The van der Waals surface area contributed by atoms with E-state index in [-0.39, 0.29) is 0 Å². The molecule has 2 nitrogen and oxygen atoms in total. The zero-order valence-corrected chi connectivity index (χ0v) is 9.37. The van der Waals surface area contributed by atoms with Crippen molar-refractivity contribution in [2.24, 2.45) is 0 Å². The van der Waals surface area contributed by atoms with Gasteiger partial charge in [0.25, 0.3) is 0 Å². The van der Waals surface area contributed by atoms with Crippen molar-refractivity contribution in [2.45, 2.75) is 11.8 Å². The van der Waals surface area contributed by atoms with E-state index in [2.05, 4.69) is 41.2 Å². The molecule has 0 atom stereocenters. The van der Waals surface area contributed by atoms with E-state index in [9.17, 15) is 0 Å².